The average molecular weight is 296 g/mol. The van der Waals surface area contributed by atoms with Crippen LogP contribution in [0.15, 0.2) is 0 Å². The van der Waals surface area contributed by atoms with Crippen molar-refractivity contribution in [3.63, 3.8) is 0 Å². The van der Waals surface area contributed by atoms with Crippen LogP contribution in [0.3, 0.4) is 0 Å². The van der Waals surface area contributed by atoms with Crippen molar-refractivity contribution in [3.8, 4) is 0 Å². The van der Waals surface area contributed by atoms with Gasteiger partial charge in [0.1, 0.15) is 0 Å². The molecule has 1 aliphatic heterocycles. The highest BCUT2D eigenvalue weighted by Crippen LogP contribution is 2.30. The fraction of sp³-hybridized carbons (Fsp3) is 1.00. The van der Waals surface area contributed by atoms with Crippen molar-refractivity contribution in [2.24, 2.45) is 11.3 Å². The third-order valence-electron chi connectivity index (χ3n) is 5.66. The van der Waals surface area contributed by atoms with E-state index in [1.165, 1.54) is 51.6 Å². The van der Waals surface area contributed by atoms with Gasteiger partial charge in [-0.3, -0.25) is 0 Å². The number of aliphatic hydroxyl groups excluding tert-OH is 1. The molecule has 0 amide bonds. The zero-order valence-corrected chi connectivity index (χ0v) is 14.6. The lowest BCUT2D eigenvalue weighted by Gasteiger charge is -2.42. The Labute approximate surface area is 131 Å². The van der Waals surface area contributed by atoms with Gasteiger partial charge in [0.05, 0.1) is 6.10 Å². The lowest BCUT2D eigenvalue weighted by atomic mass is 9.84. The van der Waals surface area contributed by atoms with Gasteiger partial charge in [0, 0.05) is 18.6 Å². The summed E-state index contributed by atoms with van der Waals surface area (Å²) in [4.78, 5) is 2.74. The first kappa shape index (κ1) is 17.2. The summed E-state index contributed by atoms with van der Waals surface area (Å²) < 4.78 is 0. The van der Waals surface area contributed by atoms with Crippen molar-refractivity contribution in [1.29, 1.82) is 0 Å². The molecule has 0 spiro atoms. The van der Waals surface area contributed by atoms with Crippen LogP contribution in [0.4, 0.5) is 0 Å². The summed E-state index contributed by atoms with van der Waals surface area (Å²) in [5.41, 5.74) is -0.0226. The summed E-state index contributed by atoms with van der Waals surface area (Å²) in [6.45, 7) is 11.9. The summed E-state index contributed by atoms with van der Waals surface area (Å²) in [6.07, 6.45) is 7.89. The Morgan fingerprint density at radius 3 is 2.29 bits per heavy atom. The van der Waals surface area contributed by atoms with Crippen LogP contribution < -0.4 is 5.32 Å². The van der Waals surface area contributed by atoms with E-state index < -0.39 is 0 Å². The Morgan fingerprint density at radius 1 is 1.10 bits per heavy atom. The molecule has 3 unspecified atom stereocenters. The quantitative estimate of drug-likeness (QED) is 0.837. The summed E-state index contributed by atoms with van der Waals surface area (Å²) in [5, 5.41) is 13.7. The van der Waals surface area contributed by atoms with Gasteiger partial charge < -0.3 is 15.3 Å². The fourth-order valence-electron chi connectivity index (χ4n) is 3.86. The van der Waals surface area contributed by atoms with E-state index in [1.807, 2.05) is 0 Å². The number of likely N-dealkylation sites (tertiary alicyclic amines) is 1. The Bertz CT molecular complexity index is 305. The van der Waals surface area contributed by atoms with E-state index in [0.29, 0.717) is 6.04 Å². The standard InChI is InChI=1S/C18H36N2O/c1-14-7-5-6-8-16(14)20-11-9-15(10-12-20)19-13-17(21)18(2,3)4/h14-17,19,21H,5-13H2,1-4H3. The van der Waals surface area contributed by atoms with Gasteiger partial charge in [0.15, 0.2) is 0 Å². The number of hydrogen-bond acceptors (Lipinski definition) is 3. The lowest BCUT2D eigenvalue weighted by Crippen LogP contribution is -2.50. The van der Waals surface area contributed by atoms with Crippen molar-refractivity contribution >= 4 is 0 Å². The molecule has 3 heteroatoms. The Morgan fingerprint density at radius 2 is 1.71 bits per heavy atom. The number of aliphatic hydroxyl groups is 1. The molecule has 0 bridgehead atoms. The maximum absolute atomic E-state index is 10.1. The van der Waals surface area contributed by atoms with Crippen molar-refractivity contribution in [2.45, 2.75) is 84.4 Å². The number of nitrogens with one attached hydrogen (secondary N) is 1. The van der Waals surface area contributed by atoms with Crippen molar-refractivity contribution in [2.75, 3.05) is 19.6 Å². The first-order valence-electron chi connectivity index (χ1n) is 9.03. The van der Waals surface area contributed by atoms with Crippen LogP contribution in [-0.2, 0) is 0 Å². The molecule has 3 atom stereocenters. The van der Waals surface area contributed by atoms with Crippen molar-refractivity contribution in [1.82, 2.24) is 10.2 Å². The second-order valence-electron chi connectivity index (χ2n) is 8.43. The van der Waals surface area contributed by atoms with Gasteiger partial charge >= 0.3 is 0 Å². The lowest BCUT2D eigenvalue weighted by molar-refractivity contribution is 0.0504. The van der Waals surface area contributed by atoms with Gasteiger partial charge in [-0.1, -0.05) is 40.5 Å². The summed E-state index contributed by atoms with van der Waals surface area (Å²) in [5.74, 6) is 0.881. The zero-order valence-electron chi connectivity index (χ0n) is 14.6. The molecule has 1 heterocycles. The minimum Gasteiger partial charge on any atom is -0.391 e. The van der Waals surface area contributed by atoms with Crippen LogP contribution in [0.2, 0.25) is 0 Å². The first-order chi connectivity index (χ1) is 9.88. The van der Waals surface area contributed by atoms with E-state index in [0.717, 1.165) is 18.5 Å². The molecule has 3 nitrogen and oxygen atoms in total. The van der Waals surface area contributed by atoms with E-state index in [1.54, 1.807) is 0 Å². The number of piperidine rings is 1. The Balaban J connectivity index is 1.71. The van der Waals surface area contributed by atoms with Gasteiger partial charge in [-0.05, 0) is 50.1 Å². The van der Waals surface area contributed by atoms with Crippen LogP contribution in [-0.4, -0.2) is 47.8 Å². The predicted molar refractivity (Wildman–Crippen MR) is 89.5 cm³/mol. The number of nitrogens with zero attached hydrogens (tertiary/aromatic N) is 1. The van der Waals surface area contributed by atoms with Gasteiger partial charge in [0.25, 0.3) is 0 Å². The van der Waals surface area contributed by atoms with Gasteiger partial charge in [-0.15, -0.1) is 0 Å². The van der Waals surface area contributed by atoms with E-state index in [-0.39, 0.29) is 11.5 Å². The van der Waals surface area contributed by atoms with Gasteiger partial charge in [-0.25, -0.2) is 0 Å². The third-order valence-corrected chi connectivity index (χ3v) is 5.66. The molecule has 21 heavy (non-hydrogen) atoms. The molecule has 1 saturated heterocycles. The molecule has 0 radical (unpaired) electrons. The number of hydrogen-bond donors (Lipinski definition) is 2. The molecular weight excluding hydrogens is 260 g/mol. The largest absolute Gasteiger partial charge is 0.391 e. The maximum Gasteiger partial charge on any atom is 0.0712 e. The molecule has 1 saturated carbocycles. The van der Waals surface area contributed by atoms with Crippen LogP contribution >= 0.6 is 0 Å². The summed E-state index contributed by atoms with van der Waals surface area (Å²) in [6, 6.07) is 1.43. The van der Waals surface area contributed by atoms with E-state index >= 15 is 0 Å². The first-order valence-corrected chi connectivity index (χ1v) is 9.03. The Hall–Kier alpha value is -0.120. The molecule has 1 aliphatic carbocycles. The smallest absolute Gasteiger partial charge is 0.0712 e. The second-order valence-corrected chi connectivity index (χ2v) is 8.43. The molecule has 124 valence electrons. The summed E-state index contributed by atoms with van der Waals surface area (Å²) in [7, 11) is 0. The van der Waals surface area contributed by atoms with Crippen LogP contribution in [0.5, 0.6) is 0 Å². The normalized spacial score (nSPS) is 31.3. The van der Waals surface area contributed by atoms with Gasteiger partial charge in [-0.2, -0.15) is 0 Å². The highest BCUT2D eigenvalue weighted by atomic mass is 16.3. The maximum atomic E-state index is 10.1. The molecule has 2 aliphatic rings. The molecule has 0 aromatic rings. The predicted octanol–water partition coefficient (Wildman–Crippen LogP) is 3.03. The monoisotopic (exact) mass is 296 g/mol. The topological polar surface area (TPSA) is 35.5 Å². The van der Waals surface area contributed by atoms with E-state index in [4.69, 9.17) is 0 Å². The molecule has 2 N–H and O–H groups in total. The molecular formula is C18H36N2O. The average Bonchev–Trinajstić information content (AvgIpc) is 2.45. The van der Waals surface area contributed by atoms with Crippen LogP contribution in [0, 0.1) is 11.3 Å². The molecule has 2 rings (SSSR count). The molecule has 0 aromatic heterocycles. The van der Waals surface area contributed by atoms with E-state index in [2.05, 4.69) is 37.9 Å². The second kappa shape index (κ2) is 7.43. The fourth-order valence-corrected chi connectivity index (χ4v) is 3.86. The van der Waals surface area contributed by atoms with Crippen molar-refractivity contribution in [3.05, 3.63) is 0 Å². The van der Waals surface area contributed by atoms with E-state index in [9.17, 15) is 5.11 Å². The number of rotatable bonds is 4. The molecule has 2 fully saturated rings. The van der Waals surface area contributed by atoms with Crippen molar-refractivity contribution < 1.29 is 5.11 Å². The van der Waals surface area contributed by atoms with Crippen LogP contribution in [0.25, 0.3) is 0 Å². The highest BCUT2D eigenvalue weighted by Gasteiger charge is 2.30. The minimum absolute atomic E-state index is 0.0226. The SMILES string of the molecule is CC1CCCCC1N1CCC(NCC(O)C(C)(C)C)CC1. The van der Waals surface area contributed by atoms with Crippen LogP contribution in [0.1, 0.15) is 66.2 Å². The van der Waals surface area contributed by atoms with Gasteiger partial charge in [0.2, 0.25) is 0 Å². The molecule has 0 aromatic carbocycles. The highest BCUT2D eigenvalue weighted by molar-refractivity contribution is 4.87. The zero-order chi connectivity index (χ0) is 15.5. The minimum atomic E-state index is -0.256. The Kier molecular flexibility index (Phi) is 6.10. The summed E-state index contributed by atoms with van der Waals surface area (Å²) >= 11 is 0. The third kappa shape index (κ3) is 4.94.